The van der Waals surface area contributed by atoms with Crippen molar-refractivity contribution in [1.29, 1.82) is 0 Å². The van der Waals surface area contributed by atoms with Crippen LogP contribution >= 0.6 is 0 Å². The molecule has 1 unspecified atom stereocenters. The van der Waals surface area contributed by atoms with Crippen LogP contribution in [-0.2, 0) is 12.8 Å². The van der Waals surface area contributed by atoms with E-state index in [0.29, 0.717) is 32.4 Å². The lowest BCUT2D eigenvalue weighted by atomic mass is 9.98. The fraction of sp³-hybridized carbons (Fsp3) is 0.600. The Bertz CT molecular complexity index is 500. The number of aliphatic hydroxyl groups excluding tert-OH is 1. The molecule has 3 nitrogen and oxygen atoms in total. The number of hydrogen-bond donors (Lipinski definition) is 2. The molecule has 0 radical (unpaired) electrons. The van der Waals surface area contributed by atoms with Gasteiger partial charge in [0.1, 0.15) is 0 Å². The summed E-state index contributed by atoms with van der Waals surface area (Å²) < 4.78 is 39.6. The fourth-order valence-corrected chi connectivity index (χ4v) is 2.69. The van der Waals surface area contributed by atoms with Crippen LogP contribution in [0.25, 0.3) is 0 Å². The molecule has 1 heterocycles. The van der Waals surface area contributed by atoms with E-state index in [9.17, 15) is 18.3 Å². The molecule has 1 aromatic rings. The van der Waals surface area contributed by atoms with E-state index in [1.807, 2.05) is 0 Å². The normalized spacial score (nSPS) is 24.0. The van der Waals surface area contributed by atoms with Crippen LogP contribution in [0.3, 0.4) is 0 Å². The van der Waals surface area contributed by atoms with Gasteiger partial charge in [-0.2, -0.15) is 13.2 Å². The maximum absolute atomic E-state index is 13.2. The maximum atomic E-state index is 13.2. The third kappa shape index (κ3) is 3.89. The minimum atomic E-state index is -4.46. The molecule has 1 aromatic carbocycles. The molecule has 2 rings (SSSR count). The third-order valence-electron chi connectivity index (χ3n) is 3.95. The van der Waals surface area contributed by atoms with Gasteiger partial charge in [0.15, 0.2) is 0 Å². The third-order valence-corrected chi connectivity index (χ3v) is 3.95. The minimum Gasteiger partial charge on any atom is -0.392 e. The molecule has 1 fully saturated rings. The van der Waals surface area contributed by atoms with E-state index in [2.05, 4.69) is 0 Å². The average molecular weight is 303 g/mol. The molecular formula is C15H20F3NO2. The van der Waals surface area contributed by atoms with Crippen molar-refractivity contribution in [2.75, 3.05) is 18.0 Å². The van der Waals surface area contributed by atoms with Crippen molar-refractivity contribution in [2.45, 2.75) is 44.6 Å². The number of anilines is 1. The molecule has 1 atom stereocenters. The van der Waals surface area contributed by atoms with Crippen LogP contribution in [0.4, 0.5) is 18.9 Å². The number of alkyl halides is 3. The van der Waals surface area contributed by atoms with E-state index in [-0.39, 0.29) is 11.3 Å². The Labute approximate surface area is 122 Å². The molecule has 0 aliphatic carbocycles. The van der Waals surface area contributed by atoms with Crippen molar-refractivity contribution in [3.05, 3.63) is 29.3 Å². The Morgan fingerprint density at radius 1 is 1.24 bits per heavy atom. The quantitative estimate of drug-likeness (QED) is 0.883. The number of benzene rings is 1. The highest BCUT2D eigenvalue weighted by Gasteiger charge is 2.36. The largest absolute Gasteiger partial charge is 0.418 e. The van der Waals surface area contributed by atoms with Gasteiger partial charge in [0.05, 0.1) is 17.8 Å². The van der Waals surface area contributed by atoms with E-state index in [4.69, 9.17) is 5.11 Å². The summed E-state index contributed by atoms with van der Waals surface area (Å²) in [6.45, 7) is 2.17. The van der Waals surface area contributed by atoms with Crippen molar-refractivity contribution in [2.24, 2.45) is 0 Å². The molecule has 2 N–H and O–H groups in total. The Hall–Kier alpha value is -1.27. The summed E-state index contributed by atoms with van der Waals surface area (Å²) in [5, 5.41) is 19.1. The summed E-state index contributed by atoms with van der Waals surface area (Å²) in [6, 6.07) is 3.92. The first-order valence-corrected chi connectivity index (χ1v) is 7.01. The second-order valence-corrected chi connectivity index (χ2v) is 5.84. The summed E-state index contributed by atoms with van der Waals surface area (Å²) >= 11 is 0. The summed E-state index contributed by atoms with van der Waals surface area (Å²) in [5.74, 6) is 0. The monoisotopic (exact) mass is 303 g/mol. The van der Waals surface area contributed by atoms with Gasteiger partial charge in [-0.25, -0.2) is 0 Å². The zero-order chi connectivity index (χ0) is 15.7. The van der Waals surface area contributed by atoms with Crippen LogP contribution in [0.5, 0.6) is 0 Å². The predicted octanol–water partition coefficient (Wildman–Crippen LogP) is 2.94. The van der Waals surface area contributed by atoms with Crippen LogP contribution in [0.2, 0.25) is 0 Å². The van der Waals surface area contributed by atoms with E-state index in [1.54, 1.807) is 11.8 Å². The lowest BCUT2D eigenvalue weighted by Crippen LogP contribution is -2.29. The van der Waals surface area contributed by atoms with Crippen molar-refractivity contribution in [3.8, 4) is 0 Å². The van der Waals surface area contributed by atoms with Crippen LogP contribution in [0, 0.1) is 0 Å². The molecule has 21 heavy (non-hydrogen) atoms. The SMILES string of the molecule is CC1(O)CCCN(c2ccc(CO)cc2C(F)(F)F)CC1. The Balaban J connectivity index is 2.34. The maximum Gasteiger partial charge on any atom is 0.418 e. The van der Waals surface area contributed by atoms with Gasteiger partial charge in [0.2, 0.25) is 0 Å². The summed E-state index contributed by atoms with van der Waals surface area (Å²) in [7, 11) is 0. The summed E-state index contributed by atoms with van der Waals surface area (Å²) in [6.07, 6.45) is -2.80. The molecule has 0 bridgehead atoms. The van der Waals surface area contributed by atoms with Crippen molar-refractivity contribution >= 4 is 5.69 Å². The molecule has 6 heteroatoms. The molecule has 1 saturated heterocycles. The Kier molecular flexibility index (Phi) is 4.49. The number of rotatable bonds is 2. The van der Waals surface area contributed by atoms with E-state index in [1.165, 1.54) is 12.1 Å². The summed E-state index contributed by atoms with van der Waals surface area (Å²) in [5.41, 5.74) is -1.18. The molecule has 0 aromatic heterocycles. The number of nitrogens with zero attached hydrogens (tertiary/aromatic N) is 1. The fourth-order valence-electron chi connectivity index (χ4n) is 2.69. The smallest absolute Gasteiger partial charge is 0.392 e. The zero-order valence-electron chi connectivity index (χ0n) is 12.0. The van der Waals surface area contributed by atoms with Gasteiger partial charge in [-0.3, -0.25) is 0 Å². The lowest BCUT2D eigenvalue weighted by Gasteiger charge is -2.27. The predicted molar refractivity (Wildman–Crippen MR) is 74.1 cm³/mol. The molecule has 1 aliphatic rings. The number of hydrogen-bond acceptors (Lipinski definition) is 3. The van der Waals surface area contributed by atoms with Crippen LogP contribution in [0.15, 0.2) is 18.2 Å². The number of halogens is 3. The standard InChI is InChI=1S/C15H20F3NO2/c1-14(21)5-2-7-19(8-6-14)13-4-3-11(10-20)9-12(13)15(16,17)18/h3-4,9,20-21H,2,5-8,10H2,1H3. The molecule has 0 amide bonds. The van der Waals surface area contributed by atoms with E-state index >= 15 is 0 Å². The van der Waals surface area contributed by atoms with Gasteiger partial charge in [0.25, 0.3) is 0 Å². The van der Waals surface area contributed by atoms with Gasteiger partial charge < -0.3 is 15.1 Å². The Morgan fingerprint density at radius 2 is 1.95 bits per heavy atom. The first-order valence-electron chi connectivity index (χ1n) is 7.01. The van der Waals surface area contributed by atoms with Crippen LogP contribution in [0.1, 0.15) is 37.3 Å². The lowest BCUT2D eigenvalue weighted by molar-refractivity contribution is -0.137. The average Bonchev–Trinajstić information content (AvgIpc) is 2.58. The van der Waals surface area contributed by atoms with Gasteiger partial charge in [-0.05, 0) is 43.9 Å². The van der Waals surface area contributed by atoms with Gasteiger partial charge in [-0.15, -0.1) is 0 Å². The van der Waals surface area contributed by atoms with E-state index < -0.39 is 23.9 Å². The topological polar surface area (TPSA) is 43.7 Å². The van der Waals surface area contributed by atoms with Crippen LogP contribution in [-0.4, -0.2) is 28.9 Å². The second kappa shape index (κ2) is 5.85. The summed E-state index contributed by atoms with van der Waals surface area (Å²) in [4.78, 5) is 1.67. The second-order valence-electron chi connectivity index (χ2n) is 5.84. The highest BCUT2D eigenvalue weighted by atomic mass is 19.4. The first kappa shape index (κ1) is 16.1. The van der Waals surface area contributed by atoms with E-state index in [0.717, 1.165) is 6.07 Å². The molecule has 0 saturated carbocycles. The molecule has 1 aliphatic heterocycles. The Morgan fingerprint density at radius 3 is 2.57 bits per heavy atom. The van der Waals surface area contributed by atoms with Crippen molar-refractivity contribution in [3.63, 3.8) is 0 Å². The van der Waals surface area contributed by atoms with Crippen molar-refractivity contribution in [1.82, 2.24) is 0 Å². The van der Waals surface area contributed by atoms with Gasteiger partial charge >= 0.3 is 6.18 Å². The van der Waals surface area contributed by atoms with Gasteiger partial charge in [0, 0.05) is 18.8 Å². The number of aliphatic hydroxyl groups is 2. The van der Waals surface area contributed by atoms with Crippen LogP contribution < -0.4 is 4.90 Å². The first-order chi connectivity index (χ1) is 9.73. The molecular weight excluding hydrogens is 283 g/mol. The van der Waals surface area contributed by atoms with Gasteiger partial charge in [-0.1, -0.05) is 6.07 Å². The van der Waals surface area contributed by atoms with Crippen molar-refractivity contribution < 1.29 is 23.4 Å². The highest BCUT2D eigenvalue weighted by molar-refractivity contribution is 5.56. The minimum absolute atomic E-state index is 0.123. The molecule has 0 spiro atoms. The molecule has 118 valence electrons. The highest BCUT2D eigenvalue weighted by Crippen LogP contribution is 2.38. The zero-order valence-corrected chi connectivity index (χ0v) is 12.0.